The van der Waals surface area contributed by atoms with Crippen molar-refractivity contribution in [1.82, 2.24) is 4.90 Å². The summed E-state index contributed by atoms with van der Waals surface area (Å²) in [5.74, 6) is 1.50. The van der Waals surface area contributed by atoms with E-state index in [1.165, 1.54) is 0 Å². The van der Waals surface area contributed by atoms with Gasteiger partial charge >= 0.3 is 0 Å². The molecule has 1 aromatic carbocycles. The van der Waals surface area contributed by atoms with E-state index in [4.69, 9.17) is 10.5 Å². The number of carbonyl (C=O) groups excluding carboxylic acids is 1. The van der Waals surface area contributed by atoms with Crippen LogP contribution in [0.3, 0.4) is 0 Å². The molecule has 1 fully saturated rings. The minimum atomic E-state index is -0.0689. The summed E-state index contributed by atoms with van der Waals surface area (Å²) in [4.78, 5) is 14.7. The molecule has 4 nitrogen and oxygen atoms in total. The quantitative estimate of drug-likeness (QED) is 0.849. The first-order chi connectivity index (χ1) is 9.66. The second kappa shape index (κ2) is 5.44. The van der Waals surface area contributed by atoms with Crippen LogP contribution in [0.5, 0.6) is 5.75 Å². The van der Waals surface area contributed by atoms with Gasteiger partial charge in [0.1, 0.15) is 5.75 Å². The molecule has 0 aliphatic carbocycles. The first kappa shape index (κ1) is 13.4. The SMILES string of the molecule is CC1CCN(C(=O)C2CCOc3ccccc32)CC1N. The lowest BCUT2D eigenvalue weighted by atomic mass is 9.89. The number of hydrogen-bond acceptors (Lipinski definition) is 3. The molecule has 2 heterocycles. The number of carbonyl (C=O) groups is 1. The third-order valence-electron chi connectivity index (χ3n) is 4.58. The molecule has 4 heteroatoms. The van der Waals surface area contributed by atoms with Crippen molar-refractivity contribution in [1.29, 1.82) is 0 Å². The van der Waals surface area contributed by atoms with Gasteiger partial charge in [0, 0.05) is 24.7 Å². The van der Waals surface area contributed by atoms with E-state index >= 15 is 0 Å². The molecule has 1 saturated heterocycles. The van der Waals surface area contributed by atoms with Crippen LogP contribution in [-0.2, 0) is 4.79 Å². The average Bonchev–Trinajstić information content (AvgIpc) is 2.49. The van der Waals surface area contributed by atoms with Gasteiger partial charge in [-0.05, 0) is 24.8 Å². The Morgan fingerprint density at radius 1 is 1.35 bits per heavy atom. The van der Waals surface area contributed by atoms with E-state index in [9.17, 15) is 4.79 Å². The van der Waals surface area contributed by atoms with Gasteiger partial charge in [0.25, 0.3) is 0 Å². The summed E-state index contributed by atoms with van der Waals surface area (Å²) < 4.78 is 5.63. The fourth-order valence-electron chi connectivity index (χ4n) is 3.12. The number of nitrogens with two attached hydrogens (primary N) is 1. The van der Waals surface area contributed by atoms with Crippen molar-refractivity contribution in [3.8, 4) is 5.75 Å². The molecule has 20 heavy (non-hydrogen) atoms. The molecular weight excluding hydrogens is 252 g/mol. The van der Waals surface area contributed by atoms with Crippen LogP contribution in [0.2, 0.25) is 0 Å². The number of hydrogen-bond donors (Lipinski definition) is 1. The number of rotatable bonds is 1. The van der Waals surface area contributed by atoms with Crippen LogP contribution >= 0.6 is 0 Å². The van der Waals surface area contributed by atoms with Gasteiger partial charge in [0.15, 0.2) is 0 Å². The third-order valence-corrected chi connectivity index (χ3v) is 4.58. The van der Waals surface area contributed by atoms with E-state index in [0.717, 1.165) is 30.7 Å². The van der Waals surface area contributed by atoms with Crippen molar-refractivity contribution in [2.24, 2.45) is 11.7 Å². The monoisotopic (exact) mass is 274 g/mol. The summed E-state index contributed by atoms with van der Waals surface area (Å²) in [6.07, 6.45) is 1.76. The highest BCUT2D eigenvalue weighted by Gasteiger charge is 2.34. The zero-order valence-corrected chi connectivity index (χ0v) is 11.9. The number of ether oxygens (including phenoxy) is 1. The van der Waals surface area contributed by atoms with Crippen LogP contribution in [-0.4, -0.2) is 36.5 Å². The van der Waals surface area contributed by atoms with Gasteiger partial charge in [-0.1, -0.05) is 25.1 Å². The number of benzene rings is 1. The Morgan fingerprint density at radius 3 is 2.95 bits per heavy atom. The Morgan fingerprint density at radius 2 is 2.15 bits per heavy atom. The molecule has 0 bridgehead atoms. The summed E-state index contributed by atoms with van der Waals surface area (Å²) in [5.41, 5.74) is 7.14. The first-order valence-electron chi connectivity index (χ1n) is 7.43. The Balaban J connectivity index is 1.78. The van der Waals surface area contributed by atoms with Crippen LogP contribution in [0.4, 0.5) is 0 Å². The second-order valence-corrected chi connectivity index (χ2v) is 5.94. The number of piperidine rings is 1. The number of likely N-dealkylation sites (tertiary alicyclic amines) is 1. The summed E-state index contributed by atoms with van der Waals surface area (Å²) in [6, 6.07) is 7.97. The van der Waals surface area contributed by atoms with E-state index < -0.39 is 0 Å². The zero-order chi connectivity index (χ0) is 14.1. The molecule has 108 valence electrons. The molecule has 0 saturated carbocycles. The summed E-state index contributed by atoms with van der Waals surface area (Å²) >= 11 is 0. The minimum absolute atomic E-state index is 0.0689. The molecular formula is C16H22N2O2. The molecule has 3 rings (SSSR count). The Bertz CT molecular complexity index is 503. The number of fused-ring (bicyclic) bond motifs is 1. The van der Waals surface area contributed by atoms with Crippen molar-refractivity contribution in [3.63, 3.8) is 0 Å². The number of nitrogens with zero attached hydrogens (tertiary/aromatic N) is 1. The largest absolute Gasteiger partial charge is 0.493 e. The van der Waals surface area contributed by atoms with Crippen molar-refractivity contribution >= 4 is 5.91 Å². The maximum atomic E-state index is 12.8. The van der Waals surface area contributed by atoms with Gasteiger partial charge < -0.3 is 15.4 Å². The van der Waals surface area contributed by atoms with Gasteiger partial charge in [0.2, 0.25) is 5.91 Å². The molecule has 3 atom stereocenters. The molecule has 0 aromatic heterocycles. The van der Waals surface area contributed by atoms with Gasteiger partial charge in [-0.3, -0.25) is 4.79 Å². The van der Waals surface area contributed by atoms with E-state index in [1.807, 2.05) is 29.2 Å². The van der Waals surface area contributed by atoms with Crippen LogP contribution < -0.4 is 10.5 Å². The van der Waals surface area contributed by atoms with E-state index in [-0.39, 0.29) is 17.9 Å². The predicted molar refractivity (Wildman–Crippen MR) is 77.6 cm³/mol. The third kappa shape index (κ3) is 2.40. The topological polar surface area (TPSA) is 55.6 Å². The minimum Gasteiger partial charge on any atom is -0.493 e. The Hall–Kier alpha value is -1.55. The normalized spacial score (nSPS) is 29.5. The molecule has 0 radical (unpaired) electrons. The Kier molecular flexibility index (Phi) is 3.66. The fourth-order valence-corrected chi connectivity index (χ4v) is 3.12. The van der Waals surface area contributed by atoms with Crippen molar-refractivity contribution in [3.05, 3.63) is 29.8 Å². The van der Waals surface area contributed by atoms with E-state index in [1.54, 1.807) is 0 Å². The van der Waals surface area contributed by atoms with Crippen LogP contribution in [0.25, 0.3) is 0 Å². The van der Waals surface area contributed by atoms with Gasteiger partial charge in [-0.25, -0.2) is 0 Å². The highest BCUT2D eigenvalue weighted by Crippen LogP contribution is 2.35. The number of amides is 1. The standard InChI is InChI=1S/C16H22N2O2/c1-11-6-8-18(10-14(11)17)16(19)13-7-9-20-15-5-3-2-4-12(13)15/h2-5,11,13-14H,6-10,17H2,1H3. The van der Waals surface area contributed by atoms with Crippen LogP contribution in [0.1, 0.15) is 31.2 Å². The maximum absolute atomic E-state index is 12.8. The maximum Gasteiger partial charge on any atom is 0.230 e. The van der Waals surface area contributed by atoms with Gasteiger partial charge in [-0.15, -0.1) is 0 Å². The van der Waals surface area contributed by atoms with Gasteiger partial charge in [0.05, 0.1) is 12.5 Å². The lowest BCUT2D eigenvalue weighted by Gasteiger charge is -2.38. The van der Waals surface area contributed by atoms with Gasteiger partial charge in [-0.2, -0.15) is 0 Å². The molecule has 3 unspecified atom stereocenters. The van der Waals surface area contributed by atoms with E-state index in [2.05, 4.69) is 6.92 Å². The predicted octanol–water partition coefficient (Wildman–Crippen LogP) is 1.75. The molecule has 1 aromatic rings. The molecule has 2 aliphatic heterocycles. The van der Waals surface area contributed by atoms with Crippen molar-refractivity contribution < 1.29 is 9.53 Å². The molecule has 0 spiro atoms. The van der Waals surface area contributed by atoms with Crippen LogP contribution in [0, 0.1) is 5.92 Å². The van der Waals surface area contributed by atoms with E-state index in [0.29, 0.717) is 19.1 Å². The first-order valence-corrected chi connectivity index (χ1v) is 7.43. The zero-order valence-electron chi connectivity index (χ0n) is 11.9. The lowest BCUT2D eigenvalue weighted by Crippen LogP contribution is -2.51. The number of para-hydroxylation sites is 1. The summed E-state index contributed by atoms with van der Waals surface area (Å²) in [7, 11) is 0. The fraction of sp³-hybridized carbons (Fsp3) is 0.562. The second-order valence-electron chi connectivity index (χ2n) is 5.94. The van der Waals surface area contributed by atoms with Crippen molar-refractivity contribution in [2.45, 2.75) is 31.7 Å². The Labute approximate surface area is 119 Å². The molecule has 1 amide bonds. The summed E-state index contributed by atoms with van der Waals surface area (Å²) in [6.45, 7) is 4.28. The highest BCUT2D eigenvalue weighted by molar-refractivity contribution is 5.85. The summed E-state index contributed by atoms with van der Waals surface area (Å²) in [5, 5.41) is 0. The highest BCUT2D eigenvalue weighted by atomic mass is 16.5. The van der Waals surface area contributed by atoms with Crippen LogP contribution in [0.15, 0.2) is 24.3 Å². The smallest absolute Gasteiger partial charge is 0.230 e. The lowest BCUT2D eigenvalue weighted by molar-refractivity contribution is -0.135. The molecule has 2 N–H and O–H groups in total. The average molecular weight is 274 g/mol. The van der Waals surface area contributed by atoms with Crippen molar-refractivity contribution in [2.75, 3.05) is 19.7 Å². The molecule has 2 aliphatic rings.